The number of ether oxygens (including phenoxy) is 1. The van der Waals surface area contributed by atoms with Crippen molar-refractivity contribution in [3.8, 4) is 6.07 Å². The molecule has 5 nitrogen and oxygen atoms in total. The quantitative estimate of drug-likeness (QED) is 0.698. The summed E-state index contributed by atoms with van der Waals surface area (Å²) in [5.41, 5.74) is -0.659. The molecule has 0 bridgehead atoms. The van der Waals surface area contributed by atoms with Crippen LogP contribution >= 0.6 is 0 Å². The van der Waals surface area contributed by atoms with Crippen molar-refractivity contribution < 1.29 is 9.53 Å². The van der Waals surface area contributed by atoms with Crippen LogP contribution in [0, 0.1) is 11.3 Å². The van der Waals surface area contributed by atoms with E-state index in [0.717, 1.165) is 0 Å². The highest BCUT2D eigenvalue weighted by Gasteiger charge is 2.34. The van der Waals surface area contributed by atoms with Crippen LogP contribution in [0.3, 0.4) is 0 Å². The number of carbonyl (C=O) groups excluding carboxylic acids is 1. The van der Waals surface area contributed by atoms with Gasteiger partial charge in [0.25, 0.3) is 0 Å². The molecule has 1 rings (SSSR count). The molecule has 1 aliphatic heterocycles. The standard InChI is InChI=1S/C12H19N3O2/c1-3-6-14-11(16)9-15-7-4-12(10-13,17-2)5-8-15/h3H,1,4-9H2,2H3,(H,14,16). The molecule has 5 heteroatoms. The van der Waals surface area contributed by atoms with Gasteiger partial charge < -0.3 is 10.1 Å². The lowest BCUT2D eigenvalue weighted by molar-refractivity contribution is -0.123. The Balaban J connectivity index is 2.35. The van der Waals surface area contributed by atoms with E-state index in [9.17, 15) is 4.79 Å². The molecule has 0 saturated carbocycles. The predicted molar refractivity (Wildman–Crippen MR) is 64.2 cm³/mol. The van der Waals surface area contributed by atoms with Gasteiger partial charge in [-0.2, -0.15) is 5.26 Å². The second-order valence-electron chi connectivity index (χ2n) is 4.18. The van der Waals surface area contributed by atoms with Gasteiger partial charge in [-0.25, -0.2) is 0 Å². The average molecular weight is 237 g/mol. The van der Waals surface area contributed by atoms with E-state index in [1.54, 1.807) is 13.2 Å². The molecule has 94 valence electrons. The normalized spacial score (nSPS) is 19.3. The van der Waals surface area contributed by atoms with E-state index in [4.69, 9.17) is 10.00 Å². The molecule has 1 aliphatic rings. The van der Waals surface area contributed by atoms with E-state index in [-0.39, 0.29) is 5.91 Å². The van der Waals surface area contributed by atoms with Crippen LogP contribution in [0.4, 0.5) is 0 Å². The monoisotopic (exact) mass is 237 g/mol. The minimum absolute atomic E-state index is 0.00762. The number of amides is 1. The number of hydrogen-bond donors (Lipinski definition) is 1. The smallest absolute Gasteiger partial charge is 0.234 e. The number of methoxy groups -OCH3 is 1. The van der Waals surface area contributed by atoms with Gasteiger partial charge in [-0.05, 0) is 0 Å². The molecule has 1 fully saturated rings. The Morgan fingerprint density at radius 1 is 1.65 bits per heavy atom. The fourth-order valence-corrected chi connectivity index (χ4v) is 1.88. The SMILES string of the molecule is C=CCNC(=O)CN1CCC(C#N)(OC)CC1. The summed E-state index contributed by atoms with van der Waals surface area (Å²) in [4.78, 5) is 13.5. The lowest BCUT2D eigenvalue weighted by atomic mass is 9.93. The average Bonchev–Trinajstić information content (AvgIpc) is 2.38. The van der Waals surface area contributed by atoms with Gasteiger partial charge in [0, 0.05) is 39.6 Å². The molecule has 1 heterocycles. The Labute approximate surface area is 102 Å². The summed E-state index contributed by atoms with van der Waals surface area (Å²) in [6.07, 6.45) is 2.95. The van der Waals surface area contributed by atoms with Gasteiger partial charge in [0.2, 0.25) is 5.91 Å². The first-order chi connectivity index (χ1) is 8.15. The van der Waals surface area contributed by atoms with Gasteiger partial charge >= 0.3 is 0 Å². The van der Waals surface area contributed by atoms with Crippen molar-refractivity contribution in [1.82, 2.24) is 10.2 Å². The maximum absolute atomic E-state index is 11.5. The summed E-state index contributed by atoms with van der Waals surface area (Å²) in [6.45, 7) is 5.83. The lowest BCUT2D eigenvalue weighted by Crippen LogP contribution is -2.47. The van der Waals surface area contributed by atoms with Gasteiger partial charge in [-0.3, -0.25) is 9.69 Å². The maximum atomic E-state index is 11.5. The molecular weight excluding hydrogens is 218 g/mol. The third kappa shape index (κ3) is 3.84. The second kappa shape index (κ2) is 6.38. The Morgan fingerprint density at radius 3 is 2.76 bits per heavy atom. The largest absolute Gasteiger partial charge is 0.363 e. The van der Waals surface area contributed by atoms with E-state index < -0.39 is 5.60 Å². The van der Waals surface area contributed by atoms with Crippen molar-refractivity contribution in [2.75, 3.05) is 33.3 Å². The van der Waals surface area contributed by atoms with Crippen LogP contribution in [0.5, 0.6) is 0 Å². The Kier molecular flexibility index (Phi) is 5.13. The predicted octanol–water partition coefficient (Wildman–Crippen LogP) is 0.293. The molecule has 1 saturated heterocycles. The molecule has 17 heavy (non-hydrogen) atoms. The summed E-state index contributed by atoms with van der Waals surface area (Å²) in [5.74, 6) is -0.00762. The molecule has 1 N–H and O–H groups in total. The summed E-state index contributed by atoms with van der Waals surface area (Å²) in [5, 5.41) is 11.8. The van der Waals surface area contributed by atoms with Crippen LogP contribution in [0.25, 0.3) is 0 Å². The molecular formula is C12H19N3O2. The zero-order valence-corrected chi connectivity index (χ0v) is 10.2. The van der Waals surface area contributed by atoms with Crippen LogP contribution < -0.4 is 5.32 Å². The number of rotatable bonds is 5. The van der Waals surface area contributed by atoms with E-state index in [0.29, 0.717) is 39.0 Å². The van der Waals surface area contributed by atoms with Gasteiger partial charge in [-0.1, -0.05) is 6.08 Å². The van der Waals surface area contributed by atoms with Crippen molar-refractivity contribution in [3.05, 3.63) is 12.7 Å². The molecule has 0 aliphatic carbocycles. The molecule has 0 radical (unpaired) electrons. The summed E-state index contributed by atoms with van der Waals surface area (Å²) in [7, 11) is 1.57. The molecule has 0 atom stereocenters. The van der Waals surface area contributed by atoms with Crippen LogP contribution in [0.2, 0.25) is 0 Å². The number of carbonyl (C=O) groups is 1. The highest BCUT2D eigenvalue weighted by molar-refractivity contribution is 5.78. The van der Waals surface area contributed by atoms with Gasteiger partial charge in [-0.15, -0.1) is 6.58 Å². The van der Waals surface area contributed by atoms with Crippen LogP contribution in [0.15, 0.2) is 12.7 Å². The number of nitrogens with zero attached hydrogens (tertiary/aromatic N) is 2. The van der Waals surface area contributed by atoms with Crippen LogP contribution in [-0.2, 0) is 9.53 Å². The number of hydrogen-bond acceptors (Lipinski definition) is 4. The topological polar surface area (TPSA) is 65.4 Å². The Morgan fingerprint density at radius 2 is 2.29 bits per heavy atom. The molecule has 0 aromatic rings. The third-order valence-electron chi connectivity index (χ3n) is 3.07. The second-order valence-corrected chi connectivity index (χ2v) is 4.18. The lowest BCUT2D eigenvalue weighted by Gasteiger charge is -2.35. The highest BCUT2D eigenvalue weighted by atomic mass is 16.5. The molecule has 0 unspecified atom stereocenters. The first-order valence-corrected chi connectivity index (χ1v) is 5.72. The van der Waals surface area contributed by atoms with Gasteiger partial charge in [0.15, 0.2) is 5.60 Å². The van der Waals surface area contributed by atoms with Crippen molar-refractivity contribution in [2.45, 2.75) is 18.4 Å². The summed E-state index contributed by atoms with van der Waals surface area (Å²) >= 11 is 0. The zero-order chi connectivity index (χ0) is 12.7. The molecule has 0 spiro atoms. The summed E-state index contributed by atoms with van der Waals surface area (Å²) < 4.78 is 5.24. The number of nitriles is 1. The minimum Gasteiger partial charge on any atom is -0.363 e. The van der Waals surface area contributed by atoms with E-state index in [2.05, 4.69) is 18.0 Å². The maximum Gasteiger partial charge on any atom is 0.234 e. The summed E-state index contributed by atoms with van der Waals surface area (Å²) in [6, 6.07) is 2.21. The van der Waals surface area contributed by atoms with Gasteiger partial charge in [0.05, 0.1) is 12.6 Å². The first-order valence-electron chi connectivity index (χ1n) is 5.72. The Bertz CT molecular complexity index is 314. The Hall–Kier alpha value is -1.38. The van der Waals surface area contributed by atoms with Crippen LogP contribution in [-0.4, -0.2) is 49.7 Å². The van der Waals surface area contributed by atoms with Crippen molar-refractivity contribution in [2.24, 2.45) is 0 Å². The third-order valence-corrected chi connectivity index (χ3v) is 3.07. The highest BCUT2D eigenvalue weighted by Crippen LogP contribution is 2.24. The van der Waals surface area contributed by atoms with E-state index >= 15 is 0 Å². The molecule has 1 amide bonds. The fourth-order valence-electron chi connectivity index (χ4n) is 1.88. The van der Waals surface area contributed by atoms with Crippen molar-refractivity contribution in [3.63, 3.8) is 0 Å². The first kappa shape index (κ1) is 13.7. The van der Waals surface area contributed by atoms with Crippen molar-refractivity contribution in [1.29, 1.82) is 5.26 Å². The van der Waals surface area contributed by atoms with Crippen LogP contribution in [0.1, 0.15) is 12.8 Å². The number of piperidine rings is 1. The van der Waals surface area contributed by atoms with E-state index in [1.807, 2.05) is 4.90 Å². The van der Waals surface area contributed by atoms with Gasteiger partial charge in [0.1, 0.15) is 0 Å². The minimum atomic E-state index is -0.659. The number of nitrogens with one attached hydrogen (secondary N) is 1. The van der Waals surface area contributed by atoms with E-state index in [1.165, 1.54) is 0 Å². The fraction of sp³-hybridized carbons (Fsp3) is 0.667. The number of likely N-dealkylation sites (tertiary alicyclic amines) is 1. The zero-order valence-electron chi connectivity index (χ0n) is 10.2. The van der Waals surface area contributed by atoms with Crippen molar-refractivity contribution >= 4 is 5.91 Å². The molecule has 0 aromatic heterocycles. The molecule has 0 aromatic carbocycles.